The molecule has 0 atom stereocenters. The lowest BCUT2D eigenvalue weighted by molar-refractivity contribution is 0.0745. The van der Waals surface area contributed by atoms with Gasteiger partial charge in [0.05, 0.1) is 16.1 Å². The third kappa shape index (κ3) is 4.10. The Bertz CT molecular complexity index is 1050. The molecule has 0 saturated carbocycles. The smallest absolute Gasteiger partial charge is 0.255 e. The fraction of sp³-hybridized carbons (Fsp3) is 0.381. The van der Waals surface area contributed by atoms with E-state index in [1.54, 1.807) is 29.2 Å². The highest BCUT2D eigenvalue weighted by molar-refractivity contribution is 9.10. The molecule has 1 amide bonds. The van der Waals surface area contributed by atoms with Crippen molar-refractivity contribution >= 4 is 37.5 Å². The quantitative estimate of drug-likeness (QED) is 0.652. The van der Waals surface area contributed by atoms with Gasteiger partial charge in [0, 0.05) is 43.7 Å². The van der Waals surface area contributed by atoms with Crippen molar-refractivity contribution in [1.29, 1.82) is 0 Å². The highest BCUT2D eigenvalue weighted by Gasteiger charge is 2.30. The zero-order valence-corrected chi connectivity index (χ0v) is 18.8. The van der Waals surface area contributed by atoms with Crippen LogP contribution in [0.5, 0.6) is 0 Å². The van der Waals surface area contributed by atoms with Gasteiger partial charge in [-0.25, -0.2) is 12.8 Å². The lowest BCUT2D eigenvalue weighted by atomic mass is 10.1. The molecule has 4 rings (SSSR count). The van der Waals surface area contributed by atoms with Crippen LogP contribution in [0.3, 0.4) is 0 Å². The van der Waals surface area contributed by atoms with Crippen molar-refractivity contribution in [1.82, 2.24) is 9.21 Å². The van der Waals surface area contributed by atoms with E-state index in [1.807, 2.05) is 4.90 Å². The van der Waals surface area contributed by atoms with Crippen LogP contribution in [0.2, 0.25) is 0 Å². The molecule has 0 radical (unpaired) electrons. The summed E-state index contributed by atoms with van der Waals surface area (Å²) in [5.74, 6) is -0.506. The number of rotatable bonds is 4. The van der Waals surface area contributed by atoms with E-state index in [1.165, 1.54) is 22.5 Å². The molecule has 0 N–H and O–H groups in total. The summed E-state index contributed by atoms with van der Waals surface area (Å²) in [5, 5.41) is 0. The van der Waals surface area contributed by atoms with Gasteiger partial charge in [0.25, 0.3) is 5.91 Å². The molecule has 2 fully saturated rings. The Labute approximate surface area is 184 Å². The molecular formula is C21H23BrFN3O3S. The van der Waals surface area contributed by atoms with Crippen LogP contribution < -0.4 is 4.90 Å². The molecule has 9 heteroatoms. The number of anilines is 1. The summed E-state index contributed by atoms with van der Waals surface area (Å²) < 4.78 is 41.8. The summed E-state index contributed by atoms with van der Waals surface area (Å²) in [7, 11) is -3.60. The maximum atomic E-state index is 14.0. The molecule has 0 aliphatic carbocycles. The van der Waals surface area contributed by atoms with E-state index < -0.39 is 10.0 Å². The monoisotopic (exact) mass is 495 g/mol. The second kappa shape index (κ2) is 8.64. The summed E-state index contributed by atoms with van der Waals surface area (Å²) in [6.07, 6.45) is 1.71. The van der Waals surface area contributed by atoms with Gasteiger partial charge in [-0.05, 0) is 59.1 Å². The second-order valence-electron chi connectivity index (χ2n) is 7.48. The van der Waals surface area contributed by atoms with E-state index in [4.69, 9.17) is 0 Å². The Balaban J connectivity index is 1.51. The van der Waals surface area contributed by atoms with Crippen molar-refractivity contribution in [2.75, 3.05) is 44.2 Å². The maximum absolute atomic E-state index is 14.0. The first-order valence-corrected chi connectivity index (χ1v) is 12.2. The van der Waals surface area contributed by atoms with E-state index in [9.17, 15) is 17.6 Å². The Kier molecular flexibility index (Phi) is 6.13. The third-order valence-corrected chi connectivity index (χ3v) is 8.22. The average Bonchev–Trinajstić information content (AvgIpc) is 3.30. The highest BCUT2D eigenvalue weighted by Crippen LogP contribution is 2.27. The van der Waals surface area contributed by atoms with Gasteiger partial charge in [-0.1, -0.05) is 12.1 Å². The van der Waals surface area contributed by atoms with Crippen molar-refractivity contribution in [2.45, 2.75) is 17.7 Å². The molecule has 0 spiro atoms. The number of piperazine rings is 1. The van der Waals surface area contributed by atoms with Gasteiger partial charge in [-0.15, -0.1) is 0 Å². The van der Waals surface area contributed by atoms with Crippen molar-refractivity contribution in [3.63, 3.8) is 0 Å². The number of hydrogen-bond donors (Lipinski definition) is 0. The normalized spacial score (nSPS) is 18.1. The van der Waals surface area contributed by atoms with Crippen molar-refractivity contribution < 1.29 is 17.6 Å². The average molecular weight is 496 g/mol. The molecule has 0 unspecified atom stereocenters. The van der Waals surface area contributed by atoms with E-state index in [0.717, 1.165) is 12.8 Å². The van der Waals surface area contributed by atoms with Crippen LogP contribution in [0.4, 0.5) is 10.1 Å². The molecule has 2 aromatic carbocycles. The second-order valence-corrected chi connectivity index (χ2v) is 10.3. The fourth-order valence-corrected chi connectivity index (χ4v) is 5.90. The lowest BCUT2D eigenvalue weighted by Crippen LogP contribution is -2.49. The van der Waals surface area contributed by atoms with Crippen LogP contribution in [0.1, 0.15) is 23.2 Å². The molecule has 2 aliphatic heterocycles. The molecule has 6 nitrogen and oxygen atoms in total. The van der Waals surface area contributed by atoms with Gasteiger partial charge in [-0.3, -0.25) is 4.79 Å². The van der Waals surface area contributed by atoms with Gasteiger partial charge in [0.1, 0.15) is 5.82 Å². The van der Waals surface area contributed by atoms with Crippen LogP contribution in [0.15, 0.2) is 51.8 Å². The number of benzene rings is 2. The number of nitrogens with zero attached hydrogens (tertiary/aromatic N) is 3. The minimum Gasteiger partial charge on any atom is -0.366 e. The van der Waals surface area contributed by atoms with Crippen LogP contribution in [0, 0.1) is 5.82 Å². The molecule has 0 aromatic heterocycles. The maximum Gasteiger partial charge on any atom is 0.255 e. The largest absolute Gasteiger partial charge is 0.366 e. The molecule has 0 bridgehead atoms. The van der Waals surface area contributed by atoms with Crippen molar-refractivity contribution in [2.24, 2.45) is 0 Å². The summed E-state index contributed by atoms with van der Waals surface area (Å²) in [5.41, 5.74) is 0.860. The number of para-hydroxylation sites is 1. The van der Waals surface area contributed by atoms with E-state index in [2.05, 4.69) is 15.9 Å². The number of carbonyl (C=O) groups excluding carboxylic acids is 1. The number of halogens is 2. The predicted molar refractivity (Wildman–Crippen MR) is 117 cm³/mol. The molecule has 2 heterocycles. The summed E-state index contributed by atoms with van der Waals surface area (Å²) >= 11 is 3.39. The van der Waals surface area contributed by atoms with Gasteiger partial charge in [-0.2, -0.15) is 4.31 Å². The zero-order chi connectivity index (χ0) is 21.3. The van der Waals surface area contributed by atoms with Gasteiger partial charge < -0.3 is 9.80 Å². The van der Waals surface area contributed by atoms with Crippen LogP contribution in [-0.4, -0.2) is 62.8 Å². The molecule has 2 saturated heterocycles. The minimum absolute atomic E-state index is 0.140. The SMILES string of the molecule is O=C(c1cc(S(=O)(=O)N2CCCC2)ccc1Br)N1CCN(c2ccccc2F)CC1. The van der Waals surface area contributed by atoms with Gasteiger partial charge in [0.15, 0.2) is 0 Å². The number of carbonyl (C=O) groups is 1. The summed E-state index contributed by atoms with van der Waals surface area (Å²) in [6.45, 7) is 2.91. The molecule has 30 heavy (non-hydrogen) atoms. The van der Waals surface area contributed by atoms with E-state index >= 15 is 0 Å². The summed E-state index contributed by atoms with van der Waals surface area (Å²) in [4.78, 5) is 16.9. The Hall–Kier alpha value is -1.97. The Morgan fingerprint density at radius 3 is 2.27 bits per heavy atom. The Morgan fingerprint density at radius 1 is 0.933 bits per heavy atom. The molecule has 2 aromatic rings. The first-order chi connectivity index (χ1) is 14.4. The fourth-order valence-electron chi connectivity index (χ4n) is 3.94. The first kappa shape index (κ1) is 21.3. The van der Waals surface area contributed by atoms with Crippen molar-refractivity contribution in [3.05, 3.63) is 58.3 Å². The molecular weight excluding hydrogens is 473 g/mol. The number of amides is 1. The topological polar surface area (TPSA) is 60.9 Å². The standard InChI is InChI=1S/C21H23BrFN3O3S/c22-18-8-7-16(30(28,29)26-9-3-4-10-26)15-17(18)21(27)25-13-11-24(12-14-25)20-6-2-1-5-19(20)23/h1-2,5-8,15H,3-4,9-14H2. The minimum atomic E-state index is -3.60. The highest BCUT2D eigenvalue weighted by atomic mass is 79.9. The van der Waals surface area contributed by atoms with E-state index in [0.29, 0.717) is 55.0 Å². The van der Waals surface area contributed by atoms with Crippen LogP contribution in [-0.2, 0) is 10.0 Å². The number of hydrogen-bond acceptors (Lipinski definition) is 4. The lowest BCUT2D eigenvalue weighted by Gasteiger charge is -2.36. The Morgan fingerprint density at radius 2 is 1.60 bits per heavy atom. The summed E-state index contributed by atoms with van der Waals surface area (Å²) in [6, 6.07) is 11.2. The van der Waals surface area contributed by atoms with Gasteiger partial charge in [0.2, 0.25) is 10.0 Å². The van der Waals surface area contributed by atoms with Gasteiger partial charge >= 0.3 is 0 Å². The predicted octanol–water partition coefficient (Wildman–Crippen LogP) is 3.34. The van der Waals surface area contributed by atoms with Crippen LogP contribution in [0.25, 0.3) is 0 Å². The third-order valence-electron chi connectivity index (χ3n) is 5.63. The molecule has 2 aliphatic rings. The number of sulfonamides is 1. The van der Waals surface area contributed by atoms with E-state index in [-0.39, 0.29) is 16.6 Å². The zero-order valence-electron chi connectivity index (χ0n) is 16.4. The molecule has 160 valence electrons. The first-order valence-electron chi connectivity index (χ1n) is 9.96. The van der Waals surface area contributed by atoms with Crippen molar-refractivity contribution in [3.8, 4) is 0 Å². The van der Waals surface area contributed by atoms with Crippen LogP contribution >= 0.6 is 15.9 Å².